The van der Waals surface area contributed by atoms with Crippen LogP contribution in [0, 0.1) is 13.8 Å². The van der Waals surface area contributed by atoms with E-state index in [-0.39, 0.29) is 0 Å². The van der Waals surface area contributed by atoms with Crippen molar-refractivity contribution in [3.63, 3.8) is 0 Å². The minimum atomic E-state index is 1.21. The van der Waals surface area contributed by atoms with E-state index in [1.165, 1.54) is 33.8 Å². The molecular formula is C20H22N2+2. The fraction of sp³-hybridized carbons (Fsp3) is 0.200. The van der Waals surface area contributed by atoms with Gasteiger partial charge in [0.2, 0.25) is 5.69 Å². The molecule has 0 bridgehead atoms. The third-order valence-electron chi connectivity index (χ3n) is 4.20. The van der Waals surface area contributed by atoms with Crippen LogP contribution in [0.5, 0.6) is 0 Å². The molecule has 0 fully saturated rings. The predicted octanol–water partition coefficient (Wildman–Crippen LogP) is 3.29. The molecular weight excluding hydrogens is 268 g/mol. The van der Waals surface area contributed by atoms with Crippen LogP contribution >= 0.6 is 0 Å². The van der Waals surface area contributed by atoms with Gasteiger partial charge in [0.1, 0.15) is 14.1 Å². The number of hydrogen-bond acceptors (Lipinski definition) is 0. The largest absolute Gasteiger partial charge is 0.277 e. The summed E-state index contributed by atoms with van der Waals surface area (Å²) in [4.78, 5) is 0. The van der Waals surface area contributed by atoms with Crippen molar-refractivity contribution >= 4 is 0 Å². The van der Waals surface area contributed by atoms with Gasteiger partial charge in [-0.25, -0.2) is 0 Å². The highest BCUT2D eigenvalue weighted by Gasteiger charge is 2.22. The van der Waals surface area contributed by atoms with Crippen LogP contribution in [0.1, 0.15) is 11.1 Å². The van der Waals surface area contributed by atoms with Crippen LogP contribution in [-0.2, 0) is 14.1 Å². The summed E-state index contributed by atoms with van der Waals surface area (Å²) in [6, 6.07) is 19.4. The lowest BCUT2D eigenvalue weighted by atomic mass is 10.0. The Morgan fingerprint density at radius 3 is 2.14 bits per heavy atom. The molecule has 110 valence electrons. The highest BCUT2D eigenvalue weighted by atomic mass is 15.0. The fourth-order valence-electron chi connectivity index (χ4n) is 2.98. The lowest BCUT2D eigenvalue weighted by Gasteiger charge is -2.07. The van der Waals surface area contributed by atoms with Crippen molar-refractivity contribution < 1.29 is 9.13 Å². The molecule has 0 saturated heterocycles. The zero-order valence-electron chi connectivity index (χ0n) is 13.7. The van der Waals surface area contributed by atoms with Gasteiger partial charge in [0.15, 0.2) is 6.20 Å². The number of aromatic nitrogens is 2. The van der Waals surface area contributed by atoms with Gasteiger partial charge in [0.05, 0.1) is 0 Å². The second kappa shape index (κ2) is 5.72. The van der Waals surface area contributed by atoms with E-state index in [9.17, 15) is 0 Å². The molecule has 0 aliphatic carbocycles. The topological polar surface area (TPSA) is 7.76 Å². The molecule has 3 aromatic rings. The minimum absolute atomic E-state index is 1.21. The zero-order chi connectivity index (χ0) is 15.7. The number of rotatable bonds is 2. The third-order valence-corrected chi connectivity index (χ3v) is 4.20. The molecule has 2 heterocycles. The van der Waals surface area contributed by atoms with Crippen LogP contribution in [0.4, 0.5) is 0 Å². The van der Waals surface area contributed by atoms with Crippen molar-refractivity contribution in [3.8, 4) is 22.6 Å². The average Bonchev–Trinajstić information content (AvgIpc) is 2.49. The summed E-state index contributed by atoms with van der Waals surface area (Å²) in [7, 11) is 4.24. The summed E-state index contributed by atoms with van der Waals surface area (Å²) in [6.45, 7) is 4.28. The van der Waals surface area contributed by atoms with Gasteiger partial charge in [-0.05, 0) is 37.6 Å². The number of pyridine rings is 2. The first kappa shape index (κ1) is 14.5. The van der Waals surface area contributed by atoms with Gasteiger partial charge in [-0.15, -0.1) is 0 Å². The monoisotopic (exact) mass is 290 g/mol. The van der Waals surface area contributed by atoms with Crippen LogP contribution in [0.25, 0.3) is 22.6 Å². The van der Waals surface area contributed by atoms with E-state index < -0.39 is 0 Å². The SMILES string of the molecule is Cc1ccc(-c2cccc(-c3ccccc3C)[n+]2C)[n+](C)c1. The Bertz CT molecular complexity index is 835. The Kier molecular flexibility index (Phi) is 3.76. The molecule has 2 heteroatoms. The summed E-state index contributed by atoms with van der Waals surface area (Å²) < 4.78 is 4.46. The summed E-state index contributed by atoms with van der Waals surface area (Å²) in [6.07, 6.45) is 2.16. The fourth-order valence-corrected chi connectivity index (χ4v) is 2.98. The maximum absolute atomic E-state index is 2.27. The molecule has 2 aromatic heterocycles. The Balaban J connectivity index is 2.20. The van der Waals surface area contributed by atoms with Crippen molar-refractivity contribution in [2.75, 3.05) is 0 Å². The number of benzene rings is 1. The van der Waals surface area contributed by atoms with E-state index >= 15 is 0 Å². The molecule has 0 N–H and O–H groups in total. The van der Waals surface area contributed by atoms with Crippen LogP contribution < -0.4 is 9.13 Å². The van der Waals surface area contributed by atoms with Crippen molar-refractivity contribution in [3.05, 3.63) is 71.9 Å². The molecule has 2 nitrogen and oxygen atoms in total. The highest BCUT2D eigenvalue weighted by Crippen LogP contribution is 2.22. The van der Waals surface area contributed by atoms with E-state index in [1.807, 2.05) is 0 Å². The van der Waals surface area contributed by atoms with Crippen LogP contribution in [0.2, 0.25) is 0 Å². The molecule has 0 saturated carbocycles. The van der Waals surface area contributed by atoms with Gasteiger partial charge in [0, 0.05) is 29.3 Å². The quantitative estimate of drug-likeness (QED) is 0.640. The number of nitrogens with zero attached hydrogens (tertiary/aromatic N) is 2. The molecule has 0 amide bonds. The molecule has 0 aliphatic rings. The molecule has 0 atom stereocenters. The minimum Gasteiger partial charge on any atom is -0.196 e. The van der Waals surface area contributed by atoms with Crippen LogP contribution in [-0.4, -0.2) is 0 Å². The first-order chi connectivity index (χ1) is 10.6. The average molecular weight is 290 g/mol. The standard InChI is InChI=1S/C20H22N2/c1-15-12-13-19(21(3)14-15)20-11-7-10-18(22(20)4)17-9-6-5-8-16(17)2/h5-14H,1-4H3/q+2. The van der Waals surface area contributed by atoms with Gasteiger partial charge in [-0.2, -0.15) is 9.13 Å². The Morgan fingerprint density at radius 1 is 0.682 bits per heavy atom. The first-order valence-electron chi connectivity index (χ1n) is 7.59. The second-order valence-corrected chi connectivity index (χ2v) is 5.87. The third kappa shape index (κ3) is 2.52. The van der Waals surface area contributed by atoms with Gasteiger partial charge < -0.3 is 0 Å². The maximum atomic E-state index is 2.27. The summed E-state index contributed by atoms with van der Waals surface area (Å²) >= 11 is 0. The Hall–Kier alpha value is -2.48. The van der Waals surface area contributed by atoms with Crippen LogP contribution in [0.3, 0.4) is 0 Å². The van der Waals surface area contributed by atoms with E-state index in [0.717, 1.165) is 0 Å². The predicted molar refractivity (Wildman–Crippen MR) is 89.1 cm³/mol. The molecule has 0 aliphatic heterocycles. The first-order valence-corrected chi connectivity index (χ1v) is 7.59. The van der Waals surface area contributed by atoms with Crippen LogP contribution in [0.15, 0.2) is 60.8 Å². The van der Waals surface area contributed by atoms with E-state index in [4.69, 9.17) is 0 Å². The molecule has 22 heavy (non-hydrogen) atoms. The second-order valence-electron chi connectivity index (χ2n) is 5.87. The van der Waals surface area contributed by atoms with Crippen molar-refractivity contribution in [2.24, 2.45) is 14.1 Å². The van der Waals surface area contributed by atoms with Gasteiger partial charge in [-0.1, -0.05) is 18.2 Å². The Labute approximate surface area is 132 Å². The lowest BCUT2D eigenvalue weighted by Crippen LogP contribution is -2.40. The van der Waals surface area contributed by atoms with Gasteiger partial charge >= 0.3 is 0 Å². The molecule has 0 radical (unpaired) electrons. The molecule has 0 spiro atoms. The number of aryl methyl sites for hydroxylation is 3. The van der Waals surface area contributed by atoms with Crippen molar-refractivity contribution in [1.29, 1.82) is 0 Å². The molecule has 3 rings (SSSR count). The lowest BCUT2D eigenvalue weighted by molar-refractivity contribution is -0.685. The summed E-state index contributed by atoms with van der Waals surface area (Å²) in [5.41, 5.74) is 7.50. The summed E-state index contributed by atoms with van der Waals surface area (Å²) in [5.74, 6) is 0. The smallest absolute Gasteiger partial charge is 0.196 e. The summed E-state index contributed by atoms with van der Waals surface area (Å²) in [5, 5.41) is 0. The Morgan fingerprint density at radius 2 is 1.41 bits per heavy atom. The van der Waals surface area contributed by atoms with E-state index in [2.05, 4.69) is 97.9 Å². The molecule has 1 aromatic carbocycles. The van der Waals surface area contributed by atoms with Crippen molar-refractivity contribution in [2.45, 2.75) is 13.8 Å². The maximum Gasteiger partial charge on any atom is 0.277 e. The van der Waals surface area contributed by atoms with E-state index in [1.54, 1.807) is 0 Å². The number of hydrogen-bond donors (Lipinski definition) is 0. The zero-order valence-corrected chi connectivity index (χ0v) is 13.7. The van der Waals surface area contributed by atoms with Crippen molar-refractivity contribution in [1.82, 2.24) is 0 Å². The molecule has 0 unspecified atom stereocenters. The highest BCUT2D eigenvalue weighted by molar-refractivity contribution is 5.62. The van der Waals surface area contributed by atoms with E-state index in [0.29, 0.717) is 0 Å². The van der Waals surface area contributed by atoms with Gasteiger partial charge in [0.25, 0.3) is 11.4 Å². The van der Waals surface area contributed by atoms with Gasteiger partial charge in [-0.3, -0.25) is 0 Å². The normalized spacial score (nSPS) is 10.7.